The van der Waals surface area contributed by atoms with Gasteiger partial charge in [-0.3, -0.25) is 4.79 Å². The molecule has 0 amide bonds. The summed E-state index contributed by atoms with van der Waals surface area (Å²) >= 11 is 0. The van der Waals surface area contributed by atoms with Crippen LogP contribution in [0.1, 0.15) is 28.8 Å². The Morgan fingerprint density at radius 1 is 1.10 bits per heavy atom. The zero-order valence-electron chi connectivity index (χ0n) is 12.1. The van der Waals surface area contributed by atoms with E-state index in [1.54, 1.807) is 6.07 Å². The van der Waals surface area contributed by atoms with Crippen LogP contribution >= 0.6 is 0 Å². The lowest BCUT2D eigenvalue weighted by Crippen LogP contribution is -2.31. The summed E-state index contributed by atoms with van der Waals surface area (Å²) in [5, 5.41) is 0. The summed E-state index contributed by atoms with van der Waals surface area (Å²) < 4.78 is 0. The van der Waals surface area contributed by atoms with E-state index >= 15 is 0 Å². The molecule has 21 heavy (non-hydrogen) atoms. The molecule has 0 saturated heterocycles. The zero-order valence-corrected chi connectivity index (χ0v) is 12.1. The van der Waals surface area contributed by atoms with Gasteiger partial charge in [-0.05, 0) is 36.6 Å². The Balaban J connectivity index is 1.69. The Hall–Kier alpha value is -2.29. The smallest absolute Gasteiger partial charge is 0.166 e. The van der Waals surface area contributed by atoms with Crippen LogP contribution in [0.3, 0.4) is 0 Å². The summed E-state index contributed by atoms with van der Waals surface area (Å²) in [5.41, 5.74) is 9.74. The van der Waals surface area contributed by atoms with E-state index in [2.05, 4.69) is 29.2 Å². The molecule has 0 fully saturated rings. The minimum absolute atomic E-state index is 0.121. The lowest BCUT2D eigenvalue weighted by atomic mass is 10.0. The summed E-state index contributed by atoms with van der Waals surface area (Å²) in [6, 6.07) is 15.8. The number of nitrogen functional groups attached to an aromatic ring is 1. The van der Waals surface area contributed by atoms with Crippen molar-refractivity contribution in [3.8, 4) is 0 Å². The largest absolute Gasteiger partial charge is 0.398 e. The van der Waals surface area contributed by atoms with Crippen LogP contribution in [-0.4, -0.2) is 18.9 Å². The van der Waals surface area contributed by atoms with Crippen molar-refractivity contribution in [1.29, 1.82) is 0 Å². The van der Waals surface area contributed by atoms with Crippen molar-refractivity contribution in [2.45, 2.75) is 19.3 Å². The number of carbonyl (C=O) groups excluding carboxylic acids is 1. The summed E-state index contributed by atoms with van der Waals surface area (Å²) in [6.07, 6.45) is 2.79. The van der Waals surface area contributed by atoms with Crippen molar-refractivity contribution in [2.75, 3.05) is 23.7 Å². The molecule has 0 saturated carbocycles. The van der Waals surface area contributed by atoms with Crippen LogP contribution in [0.25, 0.3) is 0 Å². The number of hydrogen-bond donors (Lipinski definition) is 1. The average Bonchev–Trinajstić information content (AvgIpc) is 2.53. The molecule has 0 aliphatic carbocycles. The standard InChI is InChI=1S/C18H20N2O/c19-16-9-3-2-8-15(16)18(21)11-13-20-12-5-7-14-6-1-4-10-17(14)20/h1-4,6,8-10H,5,7,11-13,19H2. The number of aryl methyl sites for hydroxylation is 1. The molecule has 3 heteroatoms. The SMILES string of the molecule is Nc1ccccc1C(=O)CCN1CCCc2ccccc21. The Morgan fingerprint density at radius 3 is 2.71 bits per heavy atom. The van der Waals surface area contributed by atoms with Gasteiger partial charge in [0.25, 0.3) is 0 Å². The maximum atomic E-state index is 12.3. The highest BCUT2D eigenvalue weighted by molar-refractivity contribution is 6.00. The van der Waals surface area contributed by atoms with Crippen LogP contribution in [0, 0.1) is 0 Å². The molecule has 3 rings (SSSR count). The summed E-state index contributed by atoms with van der Waals surface area (Å²) in [6.45, 7) is 1.78. The number of fused-ring (bicyclic) bond motifs is 1. The fourth-order valence-corrected chi connectivity index (χ4v) is 2.97. The lowest BCUT2D eigenvalue weighted by Gasteiger charge is -2.31. The third-order valence-electron chi connectivity index (χ3n) is 4.08. The number of carbonyl (C=O) groups is 1. The van der Waals surface area contributed by atoms with Gasteiger partial charge in [-0.25, -0.2) is 0 Å². The van der Waals surface area contributed by atoms with Gasteiger partial charge < -0.3 is 10.6 Å². The van der Waals surface area contributed by atoms with Gasteiger partial charge in [0.15, 0.2) is 5.78 Å². The van der Waals surface area contributed by atoms with Crippen LogP contribution < -0.4 is 10.6 Å². The third-order valence-corrected chi connectivity index (χ3v) is 4.08. The molecule has 3 nitrogen and oxygen atoms in total. The summed E-state index contributed by atoms with van der Waals surface area (Å²) in [4.78, 5) is 14.6. The number of nitrogens with zero attached hydrogens (tertiary/aromatic N) is 1. The van der Waals surface area contributed by atoms with Crippen molar-refractivity contribution < 1.29 is 4.79 Å². The van der Waals surface area contributed by atoms with Crippen LogP contribution in [0.4, 0.5) is 11.4 Å². The van der Waals surface area contributed by atoms with Gasteiger partial charge in [-0.2, -0.15) is 0 Å². The molecule has 1 heterocycles. The molecule has 0 aromatic heterocycles. The lowest BCUT2D eigenvalue weighted by molar-refractivity contribution is 0.0985. The molecular formula is C18H20N2O. The van der Waals surface area contributed by atoms with E-state index in [-0.39, 0.29) is 5.78 Å². The Labute approximate surface area is 125 Å². The fraction of sp³-hybridized carbons (Fsp3) is 0.278. The van der Waals surface area contributed by atoms with Crippen molar-refractivity contribution in [1.82, 2.24) is 0 Å². The van der Waals surface area contributed by atoms with Crippen LogP contribution in [0.15, 0.2) is 48.5 Å². The molecule has 0 unspecified atom stereocenters. The van der Waals surface area contributed by atoms with E-state index in [0.29, 0.717) is 17.7 Å². The van der Waals surface area contributed by atoms with Crippen LogP contribution in [0.2, 0.25) is 0 Å². The second-order valence-corrected chi connectivity index (χ2v) is 5.48. The van der Waals surface area contributed by atoms with Gasteiger partial charge in [0.05, 0.1) is 0 Å². The van der Waals surface area contributed by atoms with Crippen LogP contribution in [0.5, 0.6) is 0 Å². The normalized spacial score (nSPS) is 13.8. The van der Waals surface area contributed by atoms with E-state index in [0.717, 1.165) is 25.9 Å². The number of Topliss-reactive ketones (excluding diaryl/α,β-unsaturated/α-hetero) is 1. The highest BCUT2D eigenvalue weighted by Gasteiger charge is 2.17. The van der Waals surface area contributed by atoms with E-state index in [4.69, 9.17) is 5.73 Å². The molecule has 108 valence electrons. The predicted octanol–water partition coefficient (Wildman–Crippen LogP) is 3.29. The first kappa shape index (κ1) is 13.7. The molecular weight excluding hydrogens is 260 g/mol. The Bertz CT molecular complexity index is 651. The van der Waals surface area contributed by atoms with Gasteiger partial charge in [0.1, 0.15) is 0 Å². The second kappa shape index (κ2) is 6.00. The maximum absolute atomic E-state index is 12.3. The topological polar surface area (TPSA) is 46.3 Å². The minimum Gasteiger partial charge on any atom is -0.398 e. The molecule has 1 aliphatic rings. The Kier molecular flexibility index (Phi) is 3.91. The highest BCUT2D eigenvalue weighted by atomic mass is 16.1. The van der Waals surface area contributed by atoms with Gasteiger partial charge in [-0.1, -0.05) is 30.3 Å². The number of nitrogens with two attached hydrogens (primary N) is 1. The second-order valence-electron chi connectivity index (χ2n) is 5.48. The number of rotatable bonds is 4. The first-order valence-electron chi connectivity index (χ1n) is 7.46. The fourth-order valence-electron chi connectivity index (χ4n) is 2.97. The van der Waals surface area contributed by atoms with Crippen molar-refractivity contribution in [3.63, 3.8) is 0 Å². The van der Waals surface area contributed by atoms with Crippen LogP contribution in [-0.2, 0) is 6.42 Å². The Morgan fingerprint density at radius 2 is 1.86 bits per heavy atom. The quantitative estimate of drug-likeness (QED) is 0.690. The van der Waals surface area contributed by atoms with Gasteiger partial charge in [0, 0.05) is 36.4 Å². The van der Waals surface area contributed by atoms with Gasteiger partial charge in [-0.15, -0.1) is 0 Å². The highest BCUT2D eigenvalue weighted by Crippen LogP contribution is 2.27. The number of para-hydroxylation sites is 2. The van der Waals surface area contributed by atoms with Gasteiger partial charge >= 0.3 is 0 Å². The van der Waals surface area contributed by atoms with E-state index in [1.165, 1.54) is 11.3 Å². The van der Waals surface area contributed by atoms with Crippen molar-refractivity contribution >= 4 is 17.2 Å². The summed E-state index contributed by atoms with van der Waals surface area (Å²) in [7, 11) is 0. The molecule has 2 aromatic carbocycles. The third kappa shape index (κ3) is 2.92. The number of benzene rings is 2. The minimum atomic E-state index is 0.121. The molecule has 2 N–H and O–H groups in total. The summed E-state index contributed by atoms with van der Waals surface area (Å²) in [5.74, 6) is 0.121. The molecule has 0 bridgehead atoms. The van der Waals surface area contributed by atoms with E-state index in [9.17, 15) is 4.79 Å². The average molecular weight is 280 g/mol. The number of hydrogen-bond acceptors (Lipinski definition) is 3. The van der Waals surface area contributed by atoms with Crippen molar-refractivity contribution in [3.05, 3.63) is 59.7 Å². The first-order chi connectivity index (χ1) is 10.3. The van der Waals surface area contributed by atoms with E-state index in [1.807, 2.05) is 18.2 Å². The van der Waals surface area contributed by atoms with Gasteiger partial charge in [0.2, 0.25) is 0 Å². The molecule has 1 aliphatic heterocycles. The van der Waals surface area contributed by atoms with E-state index < -0.39 is 0 Å². The molecule has 2 aromatic rings. The first-order valence-corrected chi connectivity index (χ1v) is 7.46. The maximum Gasteiger partial charge on any atom is 0.166 e. The molecule has 0 radical (unpaired) electrons. The molecule has 0 atom stereocenters. The van der Waals surface area contributed by atoms with Crippen molar-refractivity contribution in [2.24, 2.45) is 0 Å². The molecule has 0 spiro atoms. The monoisotopic (exact) mass is 280 g/mol. The predicted molar refractivity (Wildman–Crippen MR) is 86.8 cm³/mol. The number of ketones is 1. The zero-order chi connectivity index (χ0) is 14.7. The number of anilines is 2.